The lowest BCUT2D eigenvalue weighted by molar-refractivity contribution is 0.266. The molecule has 0 aliphatic heterocycles. The van der Waals surface area contributed by atoms with Gasteiger partial charge in [0.1, 0.15) is 0 Å². The molecule has 0 bridgehead atoms. The quantitative estimate of drug-likeness (QED) is 0.435. The lowest BCUT2D eigenvalue weighted by Gasteiger charge is -2.29. The summed E-state index contributed by atoms with van der Waals surface area (Å²) in [5.74, 6) is 0. The first-order chi connectivity index (χ1) is 15.3. The van der Waals surface area contributed by atoms with E-state index in [4.69, 9.17) is 23.8 Å². The van der Waals surface area contributed by atoms with E-state index < -0.39 is 0 Å². The van der Waals surface area contributed by atoms with E-state index >= 15 is 0 Å². The van der Waals surface area contributed by atoms with Gasteiger partial charge in [-0.25, -0.2) is 0 Å². The molecule has 0 spiro atoms. The van der Waals surface area contributed by atoms with Crippen molar-refractivity contribution in [2.45, 2.75) is 34.2 Å². The van der Waals surface area contributed by atoms with Gasteiger partial charge in [0.05, 0.1) is 12.1 Å². The van der Waals surface area contributed by atoms with Crippen LogP contribution in [0.1, 0.15) is 30.5 Å². The number of benzene rings is 2. The monoisotopic (exact) mass is 470 g/mol. The van der Waals surface area contributed by atoms with Crippen LogP contribution in [0.5, 0.6) is 0 Å². The minimum Gasteiger partial charge on any atom is -0.343 e. The molecule has 1 heterocycles. The molecule has 1 aromatic heterocycles. The third-order valence-corrected chi connectivity index (χ3v) is 6.27. The zero-order chi connectivity index (χ0) is 23.3. The highest BCUT2D eigenvalue weighted by Gasteiger charge is 2.15. The fraction of sp³-hybridized carbons (Fsp3) is 0.360. The maximum absolute atomic E-state index is 12.9. The number of nitrogens with zero attached hydrogens (tertiary/aromatic N) is 2. The number of anilines is 1. The van der Waals surface area contributed by atoms with Gasteiger partial charge in [-0.3, -0.25) is 4.79 Å². The summed E-state index contributed by atoms with van der Waals surface area (Å²) >= 11 is 11.9. The van der Waals surface area contributed by atoms with E-state index in [2.05, 4.69) is 48.1 Å². The molecule has 0 fully saturated rings. The maximum Gasteiger partial charge on any atom is 0.253 e. The van der Waals surface area contributed by atoms with Crippen LogP contribution in [0, 0.1) is 13.8 Å². The Bertz CT molecular complexity index is 1160. The van der Waals surface area contributed by atoms with Crippen molar-refractivity contribution in [2.24, 2.45) is 0 Å². The molecule has 0 radical (unpaired) electrons. The predicted molar refractivity (Wildman–Crippen MR) is 140 cm³/mol. The van der Waals surface area contributed by atoms with Crippen LogP contribution in [-0.2, 0) is 6.54 Å². The number of hydrogen-bond donors (Lipinski definition) is 2. The minimum absolute atomic E-state index is 0.0807. The van der Waals surface area contributed by atoms with E-state index in [1.807, 2.05) is 42.2 Å². The number of aromatic nitrogens is 1. The van der Waals surface area contributed by atoms with Gasteiger partial charge in [0.2, 0.25) is 0 Å². The molecule has 32 heavy (non-hydrogen) atoms. The molecule has 5 nitrogen and oxygen atoms in total. The van der Waals surface area contributed by atoms with Crippen molar-refractivity contribution in [3.05, 3.63) is 74.5 Å². The summed E-state index contributed by atoms with van der Waals surface area (Å²) in [6, 6.07) is 13.6. The Morgan fingerprint density at radius 2 is 1.84 bits per heavy atom. The topological polar surface area (TPSA) is 51.4 Å². The Hall–Kier alpha value is -2.41. The second-order valence-corrected chi connectivity index (χ2v) is 8.88. The number of halogens is 1. The van der Waals surface area contributed by atoms with Crippen molar-refractivity contribution in [1.82, 2.24) is 14.8 Å². The van der Waals surface area contributed by atoms with Crippen molar-refractivity contribution in [3.63, 3.8) is 0 Å². The summed E-state index contributed by atoms with van der Waals surface area (Å²) < 4.78 is 0. The highest BCUT2D eigenvalue weighted by Crippen LogP contribution is 2.19. The van der Waals surface area contributed by atoms with Crippen molar-refractivity contribution in [1.29, 1.82) is 0 Å². The molecule has 3 aromatic rings. The summed E-state index contributed by atoms with van der Waals surface area (Å²) in [4.78, 5) is 20.4. The second-order valence-electron chi connectivity index (χ2n) is 8.06. The number of nitrogens with one attached hydrogen (secondary N) is 2. The molecule has 170 valence electrons. The van der Waals surface area contributed by atoms with Crippen molar-refractivity contribution >= 4 is 45.5 Å². The van der Waals surface area contributed by atoms with Crippen LogP contribution in [0.15, 0.2) is 47.3 Å². The van der Waals surface area contributed by atoms with E-state index in [1.54, 1.807) is 0 Å². The second kappa shape index (κ2) is 10.9. The van der Waals surface area contributed by atoms with E-state index in [-0.39, 0.29) is 5.56 Å². The zero-order valence-corrected chi connectivity index (χ0v) is 20.7. The number of thiocarbonyl (C=S) groups is 1. The van der Waals surface area contributed by atoms with Crippen LogP contribution < -0.4 is 10.9 Å². The molecule has 2 N–H and O–H groups in total. The molecule has 3 rings (SSSR count). The van der Waals surface area contributed by atoms with Crippen LogP contribution in [0.4, 0.5) is 5.69 Å². The van der Waals surface area contributed by atoms with Gasteiger partial charge in [-0.05, 0) is 80.4 Å². The smallest absolute Gasteiger partial charge is 0.253 e. The molecule has 0 amide bonds. The van der Waals surface area contributed by atoms with Crippen LogP contribution in [0.2, 0.25) is 5.02 Å². The third-order valence-electron chi connectivity index (χ3n) is 5.68. The van der Waals surface area contributed by atoms with Gasteiger partial charge in [0.25, 0.3) is 5.56 Å². The fourth-order valence-corrected chi connectivity index (χ4v) is 4.34. The fourth-order valence-electron chi connectivity index (χ4n) is 3.88. The average Bonchev–Trinajstić information content (AvgIpc) is 2.74. The first-order valence-corrected chi connectivity index (χ1v) is 11.8. The molecular weight excluding hydrogens is 440 g/mol. The van der Waals surface area contributed by atoms with Crippen LogP contribution >= 0.6 is 23.8 Å². The average molecular weight is 471 g/mol. The Kier molecular flexibility index (Phi) is 8.29. The van der Waals surface area contributed by atoms with Gasteiger partial charge in [0, 0.05) is 29.4 Å². The van der Waals surface area contributed by atoms with E-state index in [0.29, 0.717) is 28.8 Å². The summed E-state index contributed by atoms with van der Waals surface area (Å²) in [7, 11) is 0. The molecule has 0 aliphatic carbocycles. The zero-order valence-electron chi connectivity index (χ0n) is 19.2. The Morgan fingerprint density at radius 1 is 1.09 bits per heavy atom. The number of hydrogen-bond acceptors (Lipinski definition) is 3. The van der Waals surface area contributed by atoms with Gasteiger partial charge >= 0.3 is 0 Å². The predicted octanol–water partition coefficient (Wildman–Crippen LogP) is 5.34. The molecule has 7 heteroatoms. The lowest BCUT2D eigenvalue weighted by Crippen LogP contribution is -2.41. The highest BCUT2D eigenvalue weighted by atomic mass is 35.5. The molecule has 0 saturated carbocycles. The standard InChI is InChI=1S/C25H31ClN4OS/c1-5-29(6-2)10-11-30(25(32)27-22-9-7-8-21(26)15-22)16-20-14-19-13-17(3)12-18(4)23(19)28-24(20)31/h7-9,12-15H,5-6,10-11,16H2,1-4H3,(H,27,32)(H,28,31). The van der Waals surface area contributed by atoms with Gasteiger partial charge in [0.15, 0.2) is 5.11 Å². The Labute approximate surface area is 200 Å². The minimum atomic E-state index is -0.0807. The number of H-pyrrole nitrogens is 1. The maximum atomic E-state index is 12.9. The van der Waals surface area contributed by atoms with Gasteiger partial charge in [-0.1, -0.05) is 43.1 Å². The van der Waals surface area contributed by atoms with E-state index in [1.165, 1.54) is 5.56 Å². The van der Waals surface area contributed by atoms with Crippen LogP contribution in [0.25, 0.3) is 10.9 Å². The lowest BCUT2D eigenvalue weighted by atomic mass is 10.1. The van der Waals surface area contributed by atoms with Crippen molar-refractivity contribution in [3.8, 4) is 0 Å². The van der Waals surface area contributed by atoms with Gasteiger partial charge in [-0.2, -0.15) is 0 Å². The number of rotatable bonds is 8. The first kappa shape index (κ1) is 24.2. The molecule has 0 unspecified atom stereocenters. The summed E-state index contributed by atoms with van der Waals surface area (Å²) in [6.07, 6.45) is 0. The number of likely N-dealkylation sites (N-methyl/N-ethyl adjacent to an activating group) is 1. The van der Waals surface area contributed by atoms with Crippen LogP contribution in [0.3, 0.4) is 0 Å². The number of aromatic amines is 1. The normalized spacial score (nSPS) is 11.2. The summed E-state index contributed by atoms with van der Waals surface area (Å²) in [5, 5.41) is 5.53. The van der Waals surface area contributed by atoms with Gasteiger partial charge in [-0.15, -0.1) is 0 Å². The molecular formula is C25H31ClN4OS. The molecule has 0 saturated heterocycles. The van der Waals surface area contributed by atoms with Crippen molar-refractivity contribution in [2.75, 3.05) is 31.5 Å². The first-order valence-electron chi connectivity index (χ1n) is 11.0. The molecule has 0 atom stereocenters. The highest BCUT2D eigenvalue weighted by molar-refractivity contribution is 7.80. The largest absolute Gasteiger partial charge is 0.343 e. The number of fused-ring (bicyclic) bond motifs is 1. The van der Waals surface area contributed by atoms with Crippen LogP contribution in [-0.4, -0.2) is 46.1 Å². The number of pyridine rings is 1. The SMILES string of the molecule is CCN(CC)CCN(Cc1cc2cc(C)cc(C)c2[nH]c1=O)C(=S)Nc1cccc(Cl)c1. The van der Waals surface area contributed by atoms with Crippen molar-refractivity contribution < 1.29 is 0 Å². The Morgan fingerprint density at radius 3 is 2.53 bits per heavy atom. The summed E-state index contributed by atoms with van der Waals surface area (Å²) in [5.41, 5.74) is 4.57. The number of aryl methyl sites for hydroxylation is 2. The van der Waals surface area contributed by atoms with E-state index in [0.717, 1.165) is 41.8 Å². The molecule has 0 aliphatic rings. The third kappa shape index (κ3) is 6.09. The Balaban J connectivity index is 1.89. The summed E-state index contributed by atoms with van der Waals surface area (Å²) in [6.45, 7) is 12.3. The van der Waals surface area contributed by atoms with Gasteiger partial charge < -0.3 is 20.1 Å². The molecule has 2 aromatic carbocycles. The van der Waals surface area contributed by atoms with E-state index in [9.17, 15) is 4.79 Å².